The second-order valence-corrected chi connectivity index (χ2v) is 5.63. The maximum Gasteiger partial charge on any atom is 0.213 e. The average molecular weight is 294 g/mol. The summed E-state index contributed by atoms with van der Waals surface area (Å²) in [6.45, 7) is 0.684. The molecule has 1 aliphatic carbocycles. The van der Waals surface area contributed by atoms with Gasteiger partial charge in [0, 0.05) is 18.8 Å². The number of hydrogen-bond donors (Lipinski definition) is 2. The van der Waals surface area contributed by atoms with Gasteiger partial charge in [0.2, 0.25) is 11.8 Å². The highest BCUT2D eigenvalue weighted by Gasteiger charge is 2.19. The Morgan fingerprint density at radius 3 is 2.95 bits per heavy atom. The first-order chi connectivity index (χ1) is 10.9. The van der Waals surface area contributed by atoms with E-state index in [2.05, 4.69) is 20.3 Å². The van der Waals surface area contributed by atoms with Gasteiger partial charge in [-0.15, -0.1) is 0 Å². The monoisotopic (exact) mass is 294 g/mol. The Balaban J connectivity index is 1.43. The van der Waals surface area contributed by atoms with Crippen molar-refractivity contribution in [2.45, 2.75) is 31.9 Å². The number of imidazole rings is 1. The number of para-hydroxylation sites is 2. The summed E-state index contributed by atoms with van der Waals surface area (Å²) in [6, 6.07) is 12.0. The number of aromatic nitrogens is 3. The second-order valence-electron chi connectivity index (χ2n) is 5.63. The van der Waals surface area contributed by atoms with Crippen molar-refractivity contribution < 1.29 is 4.74 Å². The van der Waals surface area contributed by atoms with Crippen molar-refractivity contribution in [3.8, 4) is 5.88 Å². The van der Waals surface area contributed by atoms with E-state index < -0.39 is 0 Å². The minimum Gasteiger partial charge on any atom is -0.474 e. The molecule has 112 valence electrons. The Morgan fingerprint density at radius 1 is 1.23 bits per heavy atom. The summed E-state index contributed by atoms with van der Waals surface area (Å²) in [7, 11) is 0. The zero-order valence-corrected chi connectivity index (χ0v) is 12.2. The van der Waals surface area contributed by atoms with Crippen molar-refractivity contribution in [2.75, 3.05) is 5.32 Å². The van der Waals surface area contributed by atoms with Crippen LogP contribution in [0.5, 0.6) is 5.88 Å². The molecule has 22 heavy (non-hydrogen) atoms. The number of H-pyrrole nitrogens is 1. The summed E-state index contributed by atoms with van der Waals surface area (Å²) >= 11 is 0. The van der Waals surface area contributed by atoms with Crippen LogP contribution in [0.3, 0.4) is 0 Å². The van der Waals surface area contributed by atoms with Crippen LogP contribution in [0.15, 0.2) is 42.6 Å². The molecule has 0 radical (unpaired) electrons. The molecule has 1 aliphatic rings. The summed E-state index contributed by atoms with van der Waals surface area (Å²) in [4.78, 5) is 12.0. The minimum atomic E-state index is 0.353. The third kappa shape index (κ3) is 2.74. The van der Waals surface area contributed by atoms with Gasteiger partial charge in [-0.3, -0.25) is 0 Å². The fourth-order valence-electron chi connectivity index (χ4n) is 2.51. The van der Waals surface area contributed by atoms with E-state index in [0.717, 1.165) is 35.4 Å². The molecular formula is C17H18N4O. The number of ether oxygens (including phenoxy) is 1. The molecule has 2 heterocycles. The van der Waals surface area contributed by atoms with Gasteiger partial charge in [0.25, 0.3) is 0 Å². The van der Waals surface area contributed by atoms with Gasteiger partial charge >= 0.3 is 0 Å². The van der Waals surface area contributed by atoms with E-state index in [1.807, 2.05) is 36.4 Å². The number of nitrogens with one attached hydrogen (secondary N) is 2. The average Bonchev–Trinajstić information content (AvgIpc) is 2.92. The Labute approximate surface area is 128 Å². The second kappa shape index (κ2) is 5.67. The molecule has 0 unspecified atom stereocenters. The van der Waals surface area contributed by atoms with Gasteiger partial charge in [-0.25, -0.2) is 9.97 Å². The zero-order chi connectivity index (χ0) is 14.8. The van der Waals surface area contributed by atoms with Crippen LogP contribution in [0.2, 0.25) is 0 Å². The predicted molar refractivity (Wildman–Crippen MR) is 85.9 cm³/mol. The summed E-state index contributed by atoms with van der Waals surface area (Å²) in [6.07, 6.45) is 5.69. The lowest BCUT2D eigenvalue weighted by Gasteiger charge is -2.25. The van der Waals surface area contributed by atoms with E-state index in [-0.39, 0.29) is 0 Å². The molecule has 0 saturated heterocycles. The van der Waals surface area contributed by atoms with Crippen molar-refractivity contribution in [3.63, 3.8) is 0 Å². The molecular weight excluding hydrogens is 276 g/mol. The fourth-order valence-corrected chi connectivity index (χ4v) is 2.51. The minimum absolute atomic E-state index is 0.353. The van der Waals surface area contributed by atoms with Gasteiger partial charge < -0.3 is 15.0 Å². The first kappa shape index (κ1) is 13.1. The number of hydrogen-bond acceptors (Lipinski definition) is 4. The van der Waals surface area contributed by atoms with E-state index in [1.54, 1.807) is 6.20 Å². The Kier molecular flexibility index (Phi) is 3.39. The van der Waals surface area contributed by atoms with E-state index in [9.17, 15) is 0 Å². The van der Waals surface area contributed by atoms with Gasteiger partial charge in [0.1, 0.15) is 6.10 Å². The van der Waals surface area contributed by atoms with Crippen molar-refractivity contribution in [3.05, 3.63) is 48.2 Å². The van der Waals surface area contributed by atoms with Crippen molar-refractivity contribution in [1.29, 1.82) is 0 Å². The number of anilines is 1. The molecule has 0 spiro atoms. The third-order valence-corrected chi connectivity index (χ3v) is 3.99. The quantitative estimate of drug-likeness (QED) is 0.756. The van der Waals surface area contributed by atoms with E-state index in [1.165, 1.54) is 6.42 Å². The third-order valence-electron chi connectivity index (χ3n) is 3.99. The lowest BCUT2D eigenvalue weighted by atomic mass is 9.96. The maximum atomic E-state index is 5.83. The van der Waals surface area contributed by atoms with E-state index >= 15 is 0 Å². The van der Waals surface area contributed by atoms with Crippen LogP contribution in [0.4, 0.5) is 5.95 Å². The van der Waals surface area contributed by atoms with Crippen LogP contribution in [0, 0.1) is 0 Å². The summed E-state index contributed by atoms with van der Waals surface area (Å²) in [5.41, 5.74) is 3.13. The van der Waals surface area contributed by atoms with Gasteiger partial charge in [0.05, 0.1) is 11.0 Å². The fraction of sp³-hybridized carbons (Fsp3) is 0.294. The Hall–Kier alpha value is -2.56. The molecule has 5 nitrogen and oxygen atoms in total. The molecule has 4 rings (SSSR count). The molecule has 0 atom stereocenters. The standard InChI is InChI=1S/C17H18N4O/c1-2-7-15-14(6-1)20-17(21-15)19-11-12-8-9-18-16(10-12)22-13-4-3-5-13/h1-2,6-10,13H,3-5,11H2,(H2,19,20,21). The number of nitrogens with zero attached hydrogens (tertiary/aromatic N) is 2. The van der Waals surface area contributed by atoms with Crippen LogP contribution >= 0.6 is 0 Å². The molecule has 3 aromatic rings. The zero-order valence-electron chi connectivity index (χ0n) is 12.2. The van der Waals surface area contributed by atoms with Crippen molar-refractivity contribution in [2.24, 2.45) is 0 Å². The first-order valence-corrected chi connectivity index (χ1v) is 7.67. The van der Waals surface area contributed by atoms with Crippen molar-refractivity contribution >= 4 is 17.0 Å². The van der Waals surface area contributed by atoms with Gasteiger partial charge in [0.15, 0.2) is 0 Å². The molecule has 0 aliphatic heterocycles. The lowest BCUT2D eigenvalue weighted by Crippen LogP contribution is -2.25. The first-order valence-electron chi connectivity index (χ1n) is 7.67. The number of pyridine rings is 1. The topological polar surface area (TPSA) is 62.8 Å². The van der Waals surface area contributed by atoms with Crippen LogP contribution in [-0.4, -0.2) is 21.1 Å². The SMILES string of the molecule is c1ccc2[nH]c(NCc3ccnc(OC4CCC4)c3)nc2c1. The van der Waals surface area contributed by atoms with Crippen LogP contribution < -0.4 is 10.1 Å². The van der Waals surface area contributed by atoms with Gasteiger partial charge in [-0.1, -0.05) is 12.1 Å². The molecule has 1 saturated carbocycles. The number of rotatable bonds is 5. The summed E-state index contributed by atoms with van der Waals surface area (Å²) in [5.74, 6) is 1.49. The predicted octanol–water partition coefficient (Wildman–Crippen LogP) is 3.50. The number of fused-ring (bicyclic) bond motifs is 1. The lowest BCUT2D eigenvalue weighted by molar-refractivity contribution is 0.114. The van der Waals surface area contributed by atoms with Crippen LogP contribution in [0.25, 0.3) is 11.0 Å². The highest BCUT2D eigenvalue weighted by Crippen LogP contribution is 2.24. The molecule has 0 bridgehead atoms. The molecule has 1 aromatic carbocycles. The Morgan fingerprint density at radius 2 is 2.14 bits per heavy atom. The summed E-state index contributed by atoms with van der Waals surface area (Å²) < 4.78 is 5.83. The highest BCUT2D eigenvalue weighted by atomic mass is 16.5. The largest absolute Gasteiger partial charge is 0.474 e. The van der Waals surface area contributed by atoms with Crippen molar-refractivity contribution in [1.82, 2.24) is 15.0 Å². The Bertz CT molecular complexity index is 746. The molecule has 1 fully saturated rings. The normalized spacial score (nSPS) is 14.7. The molecule has 5 heteroatoms. The molecule has 0 amide bonds. The van der Waals surface area contributed by atoms with Crippen LogP contribution in [-0.2, 0) is 6.54 Å². The highest BCUT2D eigenvalue weighted by molar-refractivity contribution is 5.77. The molecule has 2 aromatic heterocycles. The van der Waals surface area contributed by atoms with E-state index in [0.29, 0.717) is 18.5 Å². The van der Waals surface area contributed by atoms with Crippen LogP contribution in [0.1, 0.15) is 24.8 Å². The van der Waals surface area contributed by atoms with E-state index in [4.69, 9.17) is 4.74 Å². The summed E-state index contributed by atoms with van der Waals surface area (Å²) in [5, 5.41) is 3.31. The van der Waals surface area contributed by atoms with Gasteiger partial charge in [-0.2, -0.15) is 0 Å². The molecule has 2 N–H and O–H groups in total. The van der Waals surface area contributed by atoms with Gasteiger partial charge in [-0.05, 0) is 43.0 Å². The smallest absolute Gasteiger partial charge is 0.213 e. The maximum absolute atomic E-state index is 5.83. The number of benzene rings is 1. The number of aromatic amines is 1.